The number of nitrogens with zero attached hydrogens (tertiary/aromatic N) is 2. The number of aryl methyl sites for hydroxylation is 2. The van der Waals surface area contributed by atoms with Gasteiger partial charge in [0, 0.05) is 24.3 Å². The second-order valence-electron chi connectivity index (χ2n) is 5.54. The minimum Gasteiger partial charge on any atom is -0.350 e. The minimum atomic E-state index is -0.108. The van der Waals surface area contributed by atoms with E-state index >= 15 is 0 Å². The Kier molecular flexibility index (Phi) is 3.16. The van der Waals surface area contributed by atoms with Crippen molar-refractivity contribution in [2.75, 3.05) is 5.32 Å². The molecule has 4 rings (SSSR count). The number of benzene rings is 2. The van der Waals surface area contributed by atoms with E-state index in [1.54, 1.807) is 11.3 Å². The summed E-state index contributed by atoms with van der Waals surface area (Å²) in [6.45, 7) is 1.99. The smallest absolute Gasteiger partial charge is 0.257 e. The van der Waals surface area contributed by atoms with Crippen molar-refractivity contribution in [3.05, 3.63) is 59.2 Å². The van der Waals surface area contributed by atoms with Gasteiger partial charge in [-0.1, -0.05) is 12.1 Å². The van der Waals surface area contributed by atoms with Crippen LogP contribution < -0.4 is 5.32 Å². The van der Waals surface area contributed by atoms with Crippen molar-refractivity contribution in [2.24, 2.45) is 7.05 Å². The number of hydrogen-bond acceptors (Lipinski definition) is 3. The fraction of sp³-hybridized carbons (Fsp3) is 0.111. The van der Waals surface area contributed by atoms with Crippen LogP contribution in [-0.4, -0.2) is 15.5 Å². The van der Waals surface area contributed by atoms with E-state index in [9.17, 15) is 4.79 Å². The molecule has 0 aliphatic heterocycles. The SMILES string of the molecule is Cc1nc2cc(NC(=O)c3cccc4ccn(C)c34)ccc2s1. The highest BCUT2D eigenvalue weighted by molar-refractivity contribution is 7.18. The normalized spacial score (nSPS) is 11.2. The molecule has 4 aromatic rings. The Hall–Kier alpha value is -2.66. The first-order chi connectivity index (χ1) is 11.1. The van der Waals surface area contributed by atoms with Crippen molar-refractivity contribution in [3.63, 3.8) is 0 Å². The van der Waals surface area contributed by atoms with Gasteiger partial charge in [-0.25, -0.2) is 4.98 Å². The molecule has 23 heavy (non-hydrogen) atoms. The zero-order valence-electron chi connectivity index (χ0n) is 12.8. The van der Waals surface area contributed by atoms with Crippen molar-refractivity contribution in [1.29, 1.82) is 0 Å². The fourth-order valence-electron chi connectivity index (χ4n) is 2.86. The summed E-state index contributed by atoms with van der Waals surface area (Å²) in [6.07, 6.45) is 1.96. The third kappa shape index (κ3) is 2.39. The monoisotopic (exact) mass is 321 g/mol. The summed E-state index contributed by atoms with van der Waals surface area (Å²) in [5.41, 5.74) is 3.29. The molecule has 0 radical (unpaired) electrons. The van der Waals surface area contributed by atoms with Gasteiger partial charge in [0.2, 0.25) is 0 Å². The molecule has 0 aliphatic carbocycles. The molecule has 5 heteroatoms. The molecule has 0 saturated heterocycles. The molecule has 1 N–H and O–H groups in total. The molecule has 0 fully saturated rings. The molecule has 0 aliphatic rings. The molecule has 0 atom stereocenters. The summed E-state index contributed by atoms with van der Waals surface area (Å²) in [6, 6.07) is 13.6. The van der Waals surface area contributed by atoms with Crippen LogP contribution in [0, 0.1) is 6.92 Å². The Morgan fingerprint density at radius 1 is 1.22 bits per heavy atom. The summed E-state index contributed by atoms with van der Waals surface area (Å²) >= 11 is 1.65. The van der Waals surface area contributed by atoms with Gasteiger partial charge in [-0.2, -0.15) is 0 Å². The molecule has 1 amide bonds. The van der Waals surface area contributed by atoms with Crippen LogP contribution in [0.5, 0.6) is 0 Å². The first kappa shape index (κ1) is 14.0. The Morgan fingerprint density at radius 2 is 2.09 bits per heavy atom. The van der Waals surface area contributed by atoms with E-state index in [2.05, 4.69) is 10.3 Å². The molecule has 2 aromatic carbocycles. The van der Waals surface area contributed by atoms with Crippen LogP contribution in [0.3, 0.4) is 0 Å². The maximum atomic E-state index is 12.7. The number of aromatic nitrogens is 2. The molecular formula is C18H15N3OS. The van der Waals surface area contributed by atoms with Crippen LogP contribution in [0.2, 0.25) is 0 Å². The quantitative estimate of drug-likeness (QED) is 0.596. The Balaban J connectivity index is 1.71. The van der Waals surface area contributed by atoms with Crippen LogP contribution in [-0.2, 0) is 7.05 Å². The fourth-order valence-corrected chi connectivity index (χ4v) is 3.67. The largest absolute Gasteiger partial charge is 0.350 e. The average Bonchev–Trinajstić information content (AvgIpc) is 3.09. The third-order valence-electron chi connectivity index (χ3n) is 3.89. The Morgan fingerprint density at radius 3 is 2.96 bits per heavy atom. The van der Waals surface area contributed by atoms with Crippen molar-refractivity contribution in [2.45, 2.75) is 6.92 Å². The zero-order valence-corrected chi connectivity index (χ0v) is 13.6. The topological polar surface area (TPSA) is 46.9 Å². The predicted octanol–water partition coefficient (Wildman–Crippen LogP) is 4.35. The lowest BCUT2D eigenvalue weighted by molar-refractivity contribution is 0.102. The number of para-hydroxylation sites is 1. The van der Waals surface area contributed by atoms with Gasteiger partial charge < -0.3 is 9.88 Å². The van der Waals surface area contributed by atoms with Crippen molar-refractivity contribution in [1.82, 2.24) is 9.55 Å². The van der Waals surface area contributed by atoms with E-state index in [4.69, 9.17) is 0 Å². The standard InChI is InChI=1S/C18H15N3OS/c1-11-19-15-10-13(6-7-16(15)23-11)20-18(22)14-5-3-4-12-8-9-21(2)17(12)14/h3-10H,1-2H3,(H,20,22). The minimum absolute atomic E-state index is 0.108. The average molecular weight is 321 g/mol. The first-order valence-corrected chi connectivity index (χ1v) is 8.16. The molecule has 2 heterocycles. The number of rotatable bonds is 2. The maximum Gasteiger partial charge on any atom is 0.257 e. The highest BCUT2D eigenvalue weighted by Gasteiger charge is 2.13. The summed E-state index contributed by atoms with van der Waals surface area (Å²) < 4.78 is 3.10. The van der Waals surface area contributed by atoms with Gasteiger partial charge in [0.25, 0.3) is 5.91 Å². The van der Waals surface area contributed by atoms with Crippen LogP contribution in [0.15, 0.2) is 48.7 Å². The van der Waals surface area contributed by atoms with E-state index in [1.165, 1.54) is 0 Å². The zero-order chi connectivity index (χ0) is 16.0. The second-order valence-corrected chi connectivity index (χ2v) is 6.77. The third-order valence-corrected chi connectivity index (χ3v) is 4.85. The number of carbonyl (C=O) groups is 1. The summed E-state index contributed by atoms with van der Waals surface area (Å²) in [5, 5.41) is 5.07. The second kappa shape index (κ2) is 5.21. The number of anilines is 1. The van der Waals surface area contributed by atoms with E-state index in [-0.39, 0.29) is 5.91 Å². The Labute approximate surface area is 137 Å². The number of carbonyl (C=O) groups excluding carboxylic acids is 1. The first-order valence-electron chi connectivity index (χ1n) is 7.34. The summed E-state index contributed by atoms with van der Waals surface area (Å²) in [5.74, 6) is -0.108. The van der Waals surface area contributed by atoms with Crippen molar-refractivity contribution < 1.29 is 4.79 Å². The predicted molar refractivity (Wildman–Crippen MR) is 95.2 cm³/mol. The van der Waals surface area contributed by atoms with Gasteiger partial charge in [0.1, 0.15) is 0 Å². The molecule has 0 bridgehead atoms. The van der Waals surface area contributed by atoms with Crippen LogP contribution in [0.25, 0.3) is 21.1 Å². The number of nitrogens with one attached hydrogen (secondary N) is 1. The molecule has 0 spiro atoms. The Bertz CT molecular complexity index is 1040. The molecule has 2 aromatic heterocycles. The van der Waals surface area contributed by atoms with Gasteiger partial charge in [-0.05, 0) is 37.3 Å². The lowest BCUT2D eigenvalue weighted by atomic mass is 10.1. The molecule has 0 saturated carbocycles. The van der Waals surface area contributed by atoms with Gasteiger partial charge in [0.05, 0.1) is 26.3 Å². The van der Waals surface area contributed by atoms with E-state index < -0.39 is 0 Å². The van der Waals surface area contributed by atoms with Crippen LogP contribution in [0.1, 0.15) is 15.4 Å². The highest BCUT2D eigenvalue weighted by atomic mass is 32.1. The molecular weight excluding hydrogens is 306 g/mol. The van der Waals surface area contributed by atoms with Crippen LogP contribution >= 0.6 is 11.3 Å². The number of hydrogen-bond donors (Lipinski definition) is 1. The van der Waals surface area contributed by atoms with Gasteiger partial charge in [-0.3, -0.25) is 4.79 Å². The van der Waals surface area contributed by atoms with E-state index in [0.29, 0.717) is 5.56 Å². The van der Waals surface area contributed by atoms with Crippen LogP contribution in [0.4, 0.5) is 5.69 Å². The lowest BCUT2D eigenvalue weighted by Crippen LogP contribution is -2.13. The molecule has 4 nitrogen and oxygen atoms in total. The van der Waals surface area contributed by atoms with Gasteiger partial charge >= 0.3 is 0 Å². The number of amides is 1. The van der Waals surface area contributed by atoms with Crippen molar-refractivity contribution in [3.8, 4) is 0 Å². The highest BCUT2D eigenvalue weighted by Crippen LogP contribution is 2.25. The van der Waals surface area contributed by atoms with E-state index in [1.807, 2.05) is 67.2 Å². The van der Waals surface area contributed by atoms with Crippen molar-refractivity contribution >= 4 is 44.1 Å². The summed E-state index contributed by atoms with van der Waals surface area (Å²) in [7, 11) is 1.95. The summed E-state index contributed by atoms with van der Waals surface area (Å²) in [4.78, 5) is 17.2. The molecule has 0 unspecified atom stereocenters. The van der Waals surface area contributed by atoms with E-state index in [0.717, 1.165) is 31.8 Å². The number of thiazole rings is 1. The number of fused-ring (bicyclic) bond motifs is 2. The molecule has 114 valence electrons. The van der Waals surface area contributed by atoms with Gasteiger partial charge in [0.15, 0.2) is 0 Å². The lowest BCUT2D eigenvalue weighted by Gasteiger charge is -2.08. The van der Waals surface area contributed by atoms with Gasteiger partial charge in [-0.15, -0.1) is 11.3 Å². The maximum absolute atomic E-state index is 12.7.